The van der Waals surface area contributed by atoms with Gasteiger partial charge in [-0.15, -0.1) is 0 Å². The molecule has 7 nitrogen and oxygen atoms in total. The molecule has 7 heteroatoms. The minimum atomic E-state index is -0.593. The topological polar surface area (TPSA) is 122 Å². The summed E-state index contributed by atoms with van der Waals surface area (Å²) in [5.74, 6) is -0.362. The van der Waals surface area contributed by atoms with Gasteiger partial charge in [-0.05, 0) is 11.6 Å². The lowest BCUT2D eigenvalue weighted by Gasteiger charge is -2.26. The number of nitrogens with zero attached hydrogens (tertiary/aromatic N) is 2. The van der Waals surface area contributed by atoms with E-state index in [1.807, 2.05) is 6.07 Å². The number of nitrogens with two attached hydrogens (primary N) is 1. The van der Waals surface area contributed by atoms with Crippen molar-refractivity contribution in [2.75, 3.05) is 0 Å². The summed E-state index contributed by atoms with van der Waals surface area (Å²) in [5.41, 5.74) is 7.05. The van der Waals surface area contributed by atoms with Gasteiger partial charge in [0.1, 0.15) is 23.1 Å². The van der Waals surface area contributed by atoms with Crippen molar-refractivity contribution >= 4 is 5.69 Å². The Labute approximate surface area is 131 Å². The molecule has 1 aliphatic rings. The lowest BCUT2D eigenvalue weighted by Crippen LogP contribution is -2.21. The lowest BCUT2D eigenvalue weighted by molar-refractivity contribution is -0.384. The second kappa shape index (κ2) is 5.35. The molecule has 0 spiro atoms. The van der Waals surface area contributed by atoms with Crippen LogP contribution in [-0.4, -0.2) is 10.0 Å². The fourth-order valence-corrected chi connectivity index (χ4v) is 2.60. The highest BCUT2D eigenvalue weighted by Gasteiger charge is 2.31. The van der Waals surface area contributed by atoms with Gasteiger partial charge >= 0.3 is 0 Å². The average Bonchev–Trinajstić information content (AvgIpc) is 2.53. The molecular weight excluding hydrogens is 298 g/mol. The Bertz CT molecular complexity index is 883. The fourth-order valence-electron chi connectivity index (χ4n) is 2.60. The van der Waals surface area contributed by atoms with E-state index in [-0.39, 0.29) is 22.9 Å². The van der Waals surface area contributed by atoms with Crippen LogP contribution in [0.1, 0.15) is 17.0 Å². The van der Waals surface area contributed by atoms with Crippen LogP contribution in [0.5, 0.6) is 11.5 Å². The van der Waals surface area contributed by atoms with Crippen LogP contribution >= 0.6 is 0 Å². The van der Waals surface area contributed by atoms with Gasteiger partial charge in [-0.25, -0.2) is 0 Å². The molecule has 0 fully saturated rings. The number of hydrogen-bond acceptors (Lipinski definition) is 6. The highest BCUT2D eigenvalue weighted by Crippen LogP contribution is 2.43. The molecule has 1 heterocycles. The summed E-state index contributed by atoms with van der Waals surface area (Å²) in [5, 5.41) is 30.0. The summed E-state index contributed by atoms with van der Waals surface area (Å²) in [7, 11) is 0. The second-order valence-corrected chi connectivity index (χ2v) is 5.00. The van der Waals surface area contributed by atoms with E-state index in [9.17, 15) is 20.5 Å². The Morgan fingerprint density at radius 1 is 1.30 bits per heavy atom. The second-order valence-electron chi connectivity index (χ2n) is 5.00. The number of allylic oxidation sites excluding steroid dienone is 1. The Balaban J connectivity index is 2.22. The molecule has 1 unspecified atom stereocenters. The number of phenols is 1. The molecule has 0 saturated heterocycles. The predicted octanol–water partition coefficient (Wildman–Crippen LogP) is 2.52. The van der Waals surface area contributed by atoms with E-state index in [0.717, 1.165) is 0 Å². The fraction of sp³-hybridized carbons (Fsp3) is 0.0625. The zero-order valence-electron chi connectivity index (χ0n) is 11.8. The van der Waals surface area contributed by atoms with Crippen LogP contribution in [0.2, 0.25) is 0 Å². The molecule has 23 heavy (non-hydrogen) atoms. The smallest absolute Gasteiger partial charge is 0.269 e. The van der Waals surface area contributed by atoms with Crippen LogP contribution in [-0.2, 0) is 0 Å². The van der Waals surface area contributed by atoms with Crippen LogP contribution in [0.15, 0.2) is 53.9 Å². The van der Waals surface area contributed by atoms with Gasteiger partial charge in [0.05, 0.1) is 10.8 Å². The molecule has 0 aromatic heterocycles. The van der Waals surface area contributed by atoms with Gasteiger partial charge < -0.3 is 15.6 Å². The average molecular weight is 309 g/mol. The molecule has 3 rings (SSSR count). The molecule has 0 amide bonds. The molecule has 2 aromatic rings. The van der Waals surface area contributed by atoms with Crippen molar-refractivity contribution in [2.24, 2.45) is 5.73 Å². The lowest BCUT2D eigenvalue weighted by atomic mass is 9.83. The van der Waals surface area contributed by atoms with E-state index in [1.165, 1.54) is 24.3 Å². The maximum Gasteiger partial charge on any atom is 0.269 e. The van der Waals surface area contributed by atoms with Crippen molar-refractivity contribution in [3.63, 3.8) is 0 Å². The highest BCUT2D eigenvalue weighted by atomic mass is 16.6. The number of rotatable bonds is 2. The van der Waals surface area contributed by atoms with E-state index >= 15 is 0 Å². The van der Waals surface area contributed by atoms with E-state index in [1.54, 1.807) is 18.2 Å². The molecular formula is C16H11N3O4. The largest absolute Gasteiger partial charge is 0.508 e. The summed E-state index contributed by atoms with van der Waals surface area (Å²) in [4.78, 5) is 10.5. The summed E-state index contributed by atoms with van der Waals surface area (Å²) in [6, 6.07) is 12.5. The molecule has 114 valence electrons. The van der Waals surface area contributed by atoms with Crippen LogP contribution in [0, 0.1) is 21.4 Å². The number of benzene rings is 2. The summed E-state index contributed by atoms with van der Waals surface area (Å²) in [6.07, 6.45) is 0. The van der Waals surface area contributed by atoms with Crippen LogP contribution in [0.25, 0.3) is 0 Å². The molecule has 0 aliphatic carbocycles. The first-order valence-corrected chi connectivity index (χ1v) is 6.66. The number of nitriles is 1. The van der Waals surface area contributed by atoms with Gasteiger partial charge in [-0.1, -0.05) is 18.2 Å². The van der Waals surface area contributed by atoms with Gasteiger partial charge in [0.15, 0.2) is 0 Å². The van der Waals surface area contributed by atoms with Crippen molar-refractivity contribution in [1.82, 2.24) is 0 Å². The molecule has 3 N–H and O–H groups in total. The van der Waals surface area contributed by atoms with Crippen molar-refractivity contribution in [3.8, 4) is 17.6 Å². The standard InChI is InChI=1S/C16H11N3O4/c17-8-13-15(9-2-1-3-10(6-9)19(21)22)12-5-4-11(20)7-14(12)23-16(13)18/h1-7,15,20H,18H2. The van der Waals surface area contributed by atoms with Crippen molar-refractivity contribution in [2.45, 2.75) is 5.92 Å². The minimum Gasteiger partial charge on any atom is -0.508 e. The third kappa shape index (κ3) is 2.42. The molecule has 1 aliphatic heterocycles. The SMILES string of the molecule is N#CC1=C(N)Oc2cc(O)ccc2C1c1cccc([N+](=O)[O-])c1. The normalized spacial score (nSPS) is 16.2. The van der Waals surface area contributed by atoms with Gasteiger partial charge in [0.25, 0.3) is 5.69 Å². The summed E-state index contributed by atoms with van der Waals surface area (Å²) >= 11 is 0. The van der Waals surface area contributed by atoms with Crippen LogP contribution < -0.4 is 10.5 Å². The first kappa shape index (κ1) is 14.4. The predicted molar refractivity (Wildman–Crippen MR) is 80.5 cm³/mol. The van der Waals surface area contributed by atoms with E-state index < -0.39 is 10.8 Å². The Kier molecular flexibility index (Phi) is 3.35. The number of fused-ring (bicyclic) bond motifs is 1. The Morgan fingerprint density at radius 3 is 2.78 bits per heavy atom. The Hall–Kier alpha value is -3.53. The van der Waals surface area contributed by atoms with Gasteiger partial charge in [-0.3, -0.25) is 10.1 Å². The maximum atomic E-state index is 11.0. The third-order valence-corrected chi connectivity index (χ3v) is 3.62. The summed E-state index contributed by atoms with van der Waals surface area (Å²) in [6.45, 7) is 0. The minimum absolute atomic E-state index is 0.00486. The molecule has 2 aromatic carbocycles. The van der Waals surface area contributed by atoms with Gasteiger partial charge in [0.2, 0.25) is 5.88 Å². The molecule has 0 bridgehead atoms. The van der Waals surface area contributed by atoms with Crippen LogP contribution in [0.3, 0.4) is 0 Å². The molecule has 0 radical (unpaired) electrons. The van der Waals surface area contributed by atoms with Gasteiger partial charge in [-0.2, -0.15) is 5.26 Å². The van der Waals surface area contributed by atoms with E-state index in [4.69, 9.17) is 10.5 Å². The number of aromatic hydroxyl groups is 1. The molecule has 0 saturated carbocycles. The number of nitro groups is 1. The zero-order chi connectivity index (χ0) is 16.6. The Morgan fingerprint density at radius 2 is 2.09 bits per heavy atom. The van der Waals surface area contributed by atoms with Crippen molar-refractivity contribution in [3.05, 3.63) is 75.2 Å². The third-order valence-electron chi connectivity index (χ3n) is 3.62. The van der Waals surface area contributed by atoms with Crippen molar-refractivity contribution < 1.29 is 14.8 Å². The first-order chi connectivity index (χ1) is 11.0. The zero-order valence-corrected chi connectivity index (χ0v) is 11.8. The van der Waals surface area contributed by atoms with Gasteiger partial charge in [0, 0.05) is 23.8 Å². The summed E-state index contributed by atoms with van der Waals surface area (Å²) < 4.78 is 5.39. The number of hydrogen-bond donors (Lipinski definition) is 2. The van der Waals surface area contributed by atoms with Crippen molar-refractivity contribution in [1.29, 1.82) is 5.26 Å². The monoisotopic (exact) mass is 309 g/mol. The molecule has 1 atom stereocenters. The van der Waals surface area contributed by atoms with Crippen LogP contribution in [0.4, 0.5) is 5.69 Å². The quantitative estimate of drug-likeness (QED) is 0.649. The van der Waals surface area contributed by atoms with E-state index in [2.05, 4.69) is 0 Å². The number of ether oxygens (including phenoxy) is 1. The number of phenolic OH excluding ortho intramolecular Hbond substituents is 1. The highest BCUT2D eigenvalue weighted by molar-refractivity contribution is 5.58. The maximum absolute atomic E-state index is 11.0. The number of non-ortho nitro benzene ring substituents is 1. The van der Waals surface area contributed by atoms with E-state index in [0.29, 0.717) is 16.9 Å². The number of nitro benzene ring substituents is 1. The first-order valence-electron chi connectivity index (χ1n) is 6.66.